The zero-order chi connectivity index (χ0) is 15.7. The first-order chi connectivity index (χ1) is 10.6. The third-order valence-electron chi connectivity index (χ3n) is 3.69. The minimum absolute atomic E-state index is 0.0151. The summed E-state index contributed by atoms with van der Waals surface area (Å²) in [5.74, 6) is -0.118. The molecule has 1 aromatic heterocycles. The molecule has 0 fully saturated rings. The van der Waals surface area contributed by atoms with Gasteiger partial charge in [0, 0.05) is 22.0 Å². The van der Waals surface area contributed by atoms with Crippen molar-refractivity contribution in [1.82, 2.24) is 4.57 Å². The summed E-state index contributed by atoms with van der Waals surface area (Å²) < 4.78 is 1.51. The van der Waals surface area contributed by atoms with Crippen LogP contribution in [0.25, 0.3) is 10.9 Å². The third kappa shape index (κ3) is 2.68. The summed E-state index contributed by atoms with van der Waals surface area (Å²) in [5.41, 5.74) is 2.06. The van der Waals surface area contributed by atoms with Gasteiger partial charge >= 0.3 is 0 Å². The van der Waals surface area contributed by atoms with Gasteiger partial charge in [0.15, 0.2) is 5.78 Å². The number of rotatable bonds is 3. The lowest BCUT2D eigenvalue weighted by Crippen LogP contribution is -2.24. The highest BCUT2D eigenvalue weighted by molar-refractivity contribution is 6.30. The van der Waals surface area contributed by atoms with Gasteiger partial charge in [-0.1, -0.05) is 29.8 Å². The van der Waals surface area contributed by atoms with Crippen molar-refractivity contribution in [3.8, 4) is 0 Å². The molecule has 0 spiro atoms. The quantitative estimate of drug-likeness (QED) is 0.689. The van der Waals surface area contributed by atoms with Crippen LogP contribution in [-0.4, -0.2) is 10.4 Å². The number of aryl methyl sites for hydroxylation is 1. The summed E-state index contributed by atoms with van der Waals surface area (Å²) in [6, 6.07) is 15.9. The number of pyridine rings is 1. The molecule has 22 heavy (non-hydrogen) atoms. The molecule has 2 aromatic carbocycles. The first-order valence-corrected chi connectivity index (χ1v) is 7.32. The minimum atomic E-state index is -0.168. The first kappa shape index (κ1) is 14.5. The molecule has 3 aromatic rings. The first-order valence-electron chi connectivity index (χ1n) is 6.94. The fourth-order valence-electron chi connectivity index (χ4n) is 2.54. The summed E-state index contributed by atoms with van der Waals surface area (Å²) in [4.78, 5) is 24.7. The van der Waals surface area contributed by atoms with Gasteiger partial charge in [0.25, 0.3) is 5.56 Å². The average Bonchev–Trinajstić information content (AvgIpc) is 2.52. The second kappa shape index (κ2) is 5.78. The van der Waals surface area contributed by atoms with Gasteiger partial charge in [-0.25, -0.2) is 0 Å². The summed E-state index contributed by atoms with van der Waals surface area (Å²) in [7, 11) is 0. The predicted molar refractivity (Wildman–Crippen MR) is 88.7 cm³/mol. The van der Waals surface area contributed by atoms with Gasteiger partial charge in [-0.15, -0.1) is 0 Å². The van der Waals surface area contributed by atoms with Gasteiger partial charge < -0.3 is 4.57 Å². The molecule has 0 radical (unpaired) electrons. The Hall–Kier alpha value is -2.39. The van der Waals surface area contributed by atoms with Crippen LogP contribution in [0, 0.1) is 6.92 Å². The van der Waals surface area contributed by atoms with E-state index in [0.29, 0.717) is 10.6 Å². The summed E-state index contributed by atoms with van der Waals surface area (Å²) in [5, 5.41) is 1.56. The van der Waals surface area contributed by atoms with Gasteiger partial charge in [-0.3, -0.25) is 9.59 Å². The number of fused-ring (bicyclic) bond motifs is 1. The second-order valence-electron chi connectivity index (χ2n) is 5.20. The molecular formula is C18H14ClNO2. The predicted octanol–water partition coefficient (Wildman–Crippen LogP) is 3.85. The Morgan fingerprint density at radius 3 is 2.50 bits per heavy atom. The number of carbonyl (C=O) groups excluding carboxylic acids is 1. The third-order valence-corrected chi connectivity index (χ3v) is 3.95. The van der Waals surface area contributed by atoms with Crippen molar-refractivity contribution >= 4 is 28.3 Å². The number of hydrogen-bond donors (Lipinski definition) is 0. The maximum absolute atomic E-state index is 12.4. The largest absolute Gasteiger partial charge is 0.300 e. The number of para-hydroxylation sites is 1. The molecule has 0 aliphatic carbocycles. The Morgan fingerprint density at radius 1 is 1.09 bits per heavy atom. The maximum atomic E-state index is 12.4. The fourth-order valence-corrected chi connectivity index (χ4v) is 2.66. The number of nitrogens with zero attached hydrogens (tertiary/aromatic N) is 1. The Labute approximate surface area is 132 Å². The Bertz CT molecular complexity index is 911. The Balaban J connectivity index is 2.06. The van der Waals surface area contributed by atoms with Crippen LogP contribution in [0.3, 0.4) is 0 Å². The maximum Gasteiger partial charge on any atom is 0.251 e. The molecule has 0 aliphatic heterocycles. The molecule has 3 rings (SSSR count). The van der Waals surface area contributed by atoms with Crippen LogP contribution < -0.4 is 5.56 Å². The number of benzene rings is 2. The van der Waals surface area contributed by atoms with Crippen molar-refractivity contribution in [3.63, 3.8) is 0 Å². The van der Waals surface area contributed by atoms with Gasteiger partial charge in [-0.2, -0.15) is 0 Å². The lowest BCUT2D eigenvalue weighted by Gasteiger charge is -2.11. The SMILES string of the molecule is Cc1cc(=O)n(CC(=O)c2ccc(Cl)cc2)c2ccccc12. The standard InChI is InChI=1S/C18H14ClNO2/c1-12-10-18(22)20(16-5-3-2-4-15(12)16)11-17(21)13-6-8-14(19)9-7-13/h2-10H,11H2,1H3. The Morgan fingerprint density at radius 2 is 1.77 bits per heavy atom. The smallest absolute Gasteiger partial charge is 0.251 e. The van der Waals surface area contributed by atoms with Crippen molar-refractivity contribution in [2.75, 3.05) is 0 Å². The van der Waals surface area contributed by atoms with Crippen molar-refractivity contribution in [3.05, 3.63) is 81.1 Å². The molecule has 0 saturated heterocycles. The highest BCUT2D eigenvalue weighted by Crippen LogP contribution is 2.17. The highest BCUT2D eigenvalue weighted by atomic mass is 35.5. The van der Waals surface area contributed by atoms with Crippen molar-refractivity contribution in [2.24, 2.45) is 0 Å². The number of hydrogen-bond acceptors (Lipinski definition) is 2. The molecule has 0 unspecified atom stereocenters. The summed E-state index contributed by atoms with van der Waals surface area (Å²) >= 11 is 5.83. The van der Waals surface area contributed by atoms with Crippen LogP contribution in [0.4, 0.5) is 0 Å². The van der Waals surface area contributed by atoms with Crippen LogP contribution in [0.1, 0.15) is 15.9 Å². The molecule has 110 valence electrons. The van der Waals surface area contributed by atoms with Crippen molar-refractivity contribution in [2.45, 2.75) is 13.5 Å². The molecule has 0 atom stereocenters. The molecule has 0 N–H and O–H groups in total. The van der Waals surface area contributed by atoms with E-state index < -0.39 is 0 Å². The van der Waals surface area contributed by atoms with Crippen LogP contribution in [0.5, 0.6) is 0 Å². The number of ketones is 1. The van der Waals surface area contributed by atoms with E-state index in [4.69, 9.17) is 11.6 Å². The van der Waals surface area contributed by atoms with E-state index in [1.165, 1.54) is 4.57 Å². The van der Waals surface area contributed by atoms with Crippen LogP contribution in [0.15, 0.2) is 59.4 Å². The van der Waals surface area contributed by atoms with Crippen molar-refractivity contribution in [1.29, 1.82) is 0 Å². The van der Waals surface area contributed by atoms with E-state index in [9.17, 15) is 9.59 Å². The lowest BCUT2D eigenvalue weighted by atomic mass is 10.1. The number of Topliss-reactive ketones (excluding diaryl/α,β-unsaturated/α-hetero) is 1. The molecular weight excluding hydrogens is 298 g/mol. The van der Waals surface area contributed by atoms with Gasteiger partial charge in [-0.05, 0) is 42.8 Å². The fraction of sp³-hybridized carbons (Fsp3) is 0.111. The van der Waals surface area contributed by atoms with E-state index in [1.54, 1.807) is 30.3 Å². The average molecular weight is 312 g/mol. The van der Waals surface area contributed by atoms with E-state index in [1.807, 2.05) is 31.2 Å². The topological polar surface area (TPSA) is 39.1 Å². The number of halogens is 1. The van der Waals surface area contributed by atoms with Crippen molar-refractivity contribution < 1.29 is 4.79 Å². The second-order valence-corrected chi connectivity index (χ2v) is 5.64. The monoisotopic (exact) mass is 311 g/mol. The Kier molecular flexibility index (Phi) is 3.82. The zero-order valence-electron chi connectivity index (χ0n) is 12.0. The molecule has 3 nitrogen and oxygen atoms in total. The number of carbonyl (C=O) groups is 1. The minimum Gasteiger partial charge on any atom is -0.300 e. The van der Waals surface area contributed by atoms with E-state index in [0.717, 1.165) is 16.5 Å². The molecule has 4 heteroatoms. The number of aromatic nitrogens is 1. The zero-order valence-corrected chi connectivity index (χ0v) is 12.8. The van der Waals surface area contributed by atoms with Crippen LogP contribution in [-0.2, 0) is 6.54 Å². The summed E-state index contributed by atoms with van der Waals surface area (Å²) in [6.07, 6.45) is 0. The highest BCUT2D eigenvalue weighted by Gasteiger charge is 2.11. The normalized spacial score (nSPS) is 10.8. The van der Waals surface area contributed by atoms with E-state index in [-0.39, 0.29) is 17.9 Å². The van der Waals surface area contributed by atoms with E-state index in [2.05, 4.69) is 0 Å². The van der Waals surface area contributed by atoms with Crippen LogP contribution >= 0.6 is 11.6 Å². The van der Waals surface area contributed by atoms with E-state index >= 15 is 0 Å². The van der Waals surface area contributed by atoms with Crippen LogP contribution in [0.2, 0.25) is 5.02 Å². The molecule has 0 amide bonds. The summed E-state index contributed by atoms with van der Waals surface area (Å²) in [6.45, 7) is 1.91. The molecule has 0 bridgehead atoms. The molecule has 0 aliphatic rings. The lowest BCUT2D eigenvalue weighted by molar-refractivity contribution is 0.0972. The van der Waals surface area contributed by atoms with Gasteiger partial charge in [0.1, 0.15) is 0 Å². The molecule has 1 heterocycles. The van der Waals surface area contributed by atoms with Gasteiger partial charge in [0.2, 0.25) is 0 Å². The van der Waals surface area contributed by atoms with Gasteiger partial charge in [0.05, 0.1) is 12.1 Å². The molecule has 0 saturated carbocycles.